The van der Waals surface area contributed by atoms with Crippen LogP contribution in [0, 0.1) is 6.92 Å². The van der Waals surface area contributed by atoms with Gasteiger partial charge in [0.1, 0.15) is 5.75 Å². The lowest BCUT2D eigenvalue weighted by Crippen LogP contribution is -2.40. The zero-order chi connectivity index (χ0) is 21.7. The van der Waals surface area contributed by atoms with E-state index in [2.05, 4.69) is 21.2 Å². The predicted molar refractivity (Wildman–Crippen MR) is 117 cm³/mol. The second-order valence-electron chi connectivity index (χ2n) is 7.08. The number of rotatable bonds is 7. The molecule has 0 aromatic heterocycles. The van der Waals surface area contributed by atoms with E-state index in [-0.39, 0.29) is 23.5 Å². The van der Waals surface area contributed by atoms with Crippen molar-refractivity contribution in [3.63, 3.8) is 0 Å². The normalized spacial score (nSPS) is 16.1. The topological polar surface area (TPSA) is 84.9 Å². The Morgan fingerprint density at radius 3 is 2.63 bits per heavy atom. The molecule has 0 unspecified atom stereocenters. The summed E-state index contributed by atoms with van der Waals surface area (Å²) in [4.78, 5) is 12.5. The summed E-state index contributed by atoms with van der Waals surface area (Å²) in [5, 5.41) is 2.89. The van der Waals surface area contributed by atoms with E-state index >= 15 is 0 Å². The molecule has 1 fully saturated rings. The maximum Gasteiger partial charge on any atom is 0.258 e. The van der Waals surface area contributed by atoms with Crippen LogP contribution in [0.1, 0.15) is 24.1 Å². The molecule has 3 rings (SSSR count). The minimum Gasteiger partial charge on any atom is -0.484 e. The third-order valence-electron chi connectivity index (χ3n) is 4.84. The highest BCUT2D eigenvalue weighted by atomic mass is 79.9. The molecular weight excluding hydrogens is 472 g/mol. The number of hydrogen-bond donors (Lipinski definition) is 1. The average molecular weight is 497 g/mol. The smallest absolute Gasteiger partial charge is 0.258 e. The number of ether oxygens (including phenoxy) is 2. The summed E-state index contributed by atoms with van der Waals surface area (Å²) >= 11 is 3.42. The first-order valence-corrected chi connectivity index (χ1v) is 11.9. The lowest BCUT2D eigenvalue weighted by molar-refractivity contribution is -0.123. The number of benzene rings is 2. The van der Waals surface area contributed by atoms with E-state index in [0.29, 0.717) is 37.6 Å². The molecule has 0 saturated carbocycles. The monoisotopic (exact) mass is 496 g/mol. The van der Waals surface area contributed by atoms with Gasteiger partial charge in [0.2, 0.25) is 10.0 Å². The van der Waals surface area contributed by atoms with Gasteiger partial charge in [-0.05, 0) is 55.3 Å². The highest BCUT2D eigenvalue weighted by Crippen LogP contribution is 2.25. The molecule has 2 aromatic carbocycles. The maximum atomic E-state index is 12.8. The van der Waals surface area contributed by atoms with E-state index in [1.165, 1.54) is 10.4 Å². The van der Waals surface area contributed by atoms with Crippen molar-refractivity contribution in [3.8, 4) is 5.75 Å². The summed E-state index contributed by atoms with van der Waals surface area (Å²) in [5.41, 5.74) is 1.63. The molecule has 1 saturated heterocycles. The summed E-state index contributed by atoms with van der Waals surface area (Å²) in [6.07, 6.45) is 0. The molecule has 1 atom stereocenters. The summed E-state index contributed by atoms with van der Waals surface area (Å²) < 4.78 is 38.7. The molecule has 1 heterocycles. The van der Waals surface area contributed by atoms with E-state index in [9.17, 15) is 13.2 Å². The fraction of sp³-hybridized carbons (Fsp3) is 0.381. The van der Waals surface area contributed by atoms with E-state index < -0.39 is 10.0 Å². The van der Waals surface area contributed by atoms with Crippen LogP contribution in [-0.4, -0.2) is 51.5 Å². The Morgan fingerprint density at radius 2 is 1.97 bits per heavy atom. The van der Waals surface area contributed by atoms with Crippen LogP contribution in [0.3, 0.4) is 0 Å². The van der Waals surface area contributed by atoms with Crippen LogP contribution in [0.4, 0.5) is 0 Å². The van der Waals surface area contributed by atoms with Crippen molar-refractivity contribution < 1.29 is 22.7 Å². The molecule has 1 aliphatic heterocycles. The molecule has 0 radical (unpaired) electrons. The van der Waals surface area contributed by atoms with Gasteiger partial charge >= 0.3 is 0 Å². The number of halogens is 1. The number of nitrogens with one attached hydrogen (secondary N) is 1. The molecule has 0 spiro atoms. The lowest BCUT2D eigenvalue weighted by Gasteiger charge is -2.26. The third-order valence-corrected chi connectivity index (χ3v) is 7.23. The zero-order valence-corrected chi connectivity index (χ0v) is 19.3. The number of carbonyl (C=O) groups excluding carboxylic acids is 1. The van der Waals surface area contributed by atoms with Crippen LogP contribution in [0.2, 0.25) is 0 Å². The molecule has 30 heavy (non-hydrogen) atoms. The molecular formula is C21H25BrN2O5S. The molecule has 2 aromatic rings. The van der Waals surface area contributed by atoms with Crippen LogP contribution >= 0.6 is 15.9 Å². The van der Waals surface area contributed by atoms with Crippen molar-refractivity contribution in [3.05, 3.63) is 58.1 Å². The van der Waals surface area contributed by atoms with Crippen molar-refractivity contribution in [1.29, 1.82) is 0 Å². The maximum absolute atomic E-state index is 12.8. The summed E-state index contributed by atoms with van der Waals surface area (Å²) in [5.74, 6) is 0.216. The minimum atomic E-state index is -3.57. The number of hydrogen-bond acceptors (Lipinski definition) is 5. The fourth-order valence-corrected chi connectivity index (χ4v) is 5.08. The molecule has 162 valence electrons. The lowest BCUT2D eigenvalue weighted by atomic mass is 10.1. The van der Waals surface area contributed by atoms with Gasteiger partial charge in [0.25, 0.3) is 5.91 Å². The number of carbonyl (C=O) groups is 1. The van der Waals surface area contributed by atoms with E-state index in [1.54, 1.807) is 19.1 Å². The average Bonchev–Trinajstić information content (AvgIpc) is 2.73. The Morgan fingerprint density at radius 1 is 1.23 bits per heavy atom. The summed E-state index contributed by atoms with van der Waals surface area (Å²) in [6, 6.07) is 12.2. The Hall–Kier alpha value is -1.94. The highest BCUT2D eigenvalue weighted by Gasteiger charge is 2.26. The number of amides is 1. The second-order valence-corrected chi connectivity index (χ2v) is 9.93. The van der Waals surface area contributed by atoms with Gasteiger partial charge in [0.05, 0.1) is 24.2 Å². The van der Waals surface area contributed by atoms with Crippen LogP contribution in [-0.2, 0) is 19.6 Å². The molecule has 7 nitrogen and oxygen atoms in total. The number of aryl methyl sites for hydroxylation is 1. The Kier molecular flexibility index (Phi) is 7.51. The SMILES string of the molecule is Cc1cc(S(=O)(=O)N2CCOCC2)ccc1OCC(=O)N[C@@H](C)c1cccc(Br)c1. The molecule has 0 aliphatic carbocycles. The van der Waals surface area contributed by atoms with Crippen LogP contribution in [0.25, 0.3) is 0 Å². The molecule has 9 heteroatoms. The Bertz CT molecular complexity index is 1010. The first kappa shape index (κ1) is 22.7. The van der Waals surface area contributed by atoms with Crippen molar-refractivity contribution >= 4 is 31.9 Å². The van der Waals surface area contributed by atoms with Crippen molar-refractivity contribution in [2.24, 2.45) is 0 Å². The van der Waals surface area contributed by atoms with Crippen LogP contribution in [0.5, 0.6) is 5.75 Å². The minimum absolute atomic E-state index is 0.158. The van der Waals surface area contributed by atoms with Crippen LogP contribution < -0.4 is 10.1 Å². The largest absolute Gasteiger partial charge is 0.484 e. The van der Waals surface area contributed by atoms with Crippen molar-refractivity contribution in [2.75, 3.05) is 32.9 Å². The highest BCUT2D eigenvalue weighted by molar-refractivity contribution is 9.10. The van der Waals surface area contributed by atoms with Crippen molar-refractivity contribution in [2.45, 2.75) is 24.8 Å². The molecule has 1 amide bonds. The van der Waals surface area contributed by atoms with Crippen LogP contribution in [0.15, 0.2) is 51.8 Å². The first-order chi connectivity index (χ1) is 14.3. The summed E-state index contributed by atoms with van der Waals surface area (Å²) in [6.45, 7) is 4.98. The Balaban J connectivity index is 1.60. The second kappa shape index (κ2) is 9.91. The van der Waals surface area contributed by atoms with Gasteiger partial charge in [-0.1, -0.05) is 28.1 Å². The number of sulfonamides is 1. The van der Waals surface area contributed by atoms with Gasteiger partial charge in [-0.2, -0.15) is 4.31 Å². The first-order valence-electron chi connectivity index (χ1n) is 9.63. The van der Waals surface area contributed by atoms with E-state index in [4.69, 9.17) is 9.47 Å². The number of morpholine rings is 1. The fourth-order valence-electron chi connectivity index (χ4n) is 3.17. The van der Waals surface area contributed by atoms with E-state index in [1.807, 2.05) is 31.2 Å². The number of nitrogens with zero attached hydrogens (tertiary/aromatic N) is 1. The van der Waals surface area contributed by atoms with Gasteiger partial charge in [-0.25, -0.2) is 8.42 Å². The molecule has 0 bridgehead atoms. The standard InChI is InChI=1S/C21H25BrN2O5S/c1-15-12-19(30(26,27)24-8-10-28-11-9-24)6-7-20(15)29-14-21(25)23-16(2)17-4-3-5-18(22)13-17/h3-7,12-13,16H,8-11,14H2,1-2H3,(H,23,25)/t16-/m0/s1. The third kappa shape index (κ3) is 5.60. The quantitative estimate of drug-likeness (QED) is 0.636. The predicted octanol–water partition coefficient (Wildman–Crippen LogP) is 3.03. The van der Waals surface area contributed by atoms with Crippen molar-refractivity contribution in [1.82, 2.24) is 9.62 Å². The van der Waals surface area contributed by atoms with E-state index in [0.717, 1.165) is 10.0 Å². The van der Waals surface area contributed by atoms with Gasteiger partial charge in [0, 0.05) is 17.6 Å². The Labute approximate surface area is 185 Å². The van der Waals surface area contributed by atoms with Gasteiger partial charge < -0.3 is 14.8 Å². The summed E-state index contributed by atoms with van der Waals surface area (Å²) in [7, 11) is -3.57. The molecule has 1 aliphatic rings. The van der Waals surface area contributed by atoms with Gasteiger partial charge in [-0.3, -0.25) is 4.79 Å². The molecule has 1 N–H and O–H groups in total. The van der Waals surface area contributed by atoms with Gasteiger partial charge in [-0.15, -0.1) is 0 Å². The zero-order valence-electron chi connectivity index (χ0n) is 16.9. The van der Waals surface area contributed by atoms with Gasteiger partial charge in [0.15, 0.2) is 6.61 Å².